The first kappa shape index (κ1) is 12.9. The maximum absolute atomic E-state index is 5.33. The molecular weight excluding hydrogens is 250 g/mol. The smallest absolute Gasteiger partial charge is 0.129 e. The molecule has 0 aliphatic heterocycles. The summed E-state index contributed by atoms with van der Waals surface area (Å²) < 4.78 is 5.33. The third-order valence-electron chi connectivity index (χ3n) is 3.60. The minimum atomic E-state index is 0.727. The molecule has 1 aromatic heterocycles. The Kier molecular flexibility index (Phi) is 3.54. The van der Waals surface area contributed by atoms with Gasteiger partial charge in [0.25, 0.3) is 0 Å². The van der Waals surface area contributed by atoms with Crippen molar-refractivity contribution in [1.29, 1.82) is 0 Å². The Hall–Kier alpha value is -2.10. The summed E-state index contributed by atoms with van der Waals surface area (Å²) in [6.45, 7) is 2.66. The van der Waals surface area contributed by atoms with Crippen molar-refractivity contribution in [2.24, 2.45) is 0 Å². The lowest BCUT2D eigenvalue weighted by atomic mass is 10.0. The number of anilines is 1. The molecule has 0 bridgehead atoms. The quantitative estimate of drug-likeness (QED) is 0.905. The van der Waals surface area contributed by atoms with Gasteiger partial charge in [-0.05, 0) is 55.0 Å². The predicted molar refractivity (Wildman–Crippen MR) is 79.1 cm³/mol. The average molecular weight is 269 g/mol. The Labute approximate surface area is 119 Å². The van der Waals surface area contributed by atoms with E-state index in [1.54, 1.807) is 13.3 Å². The summed E-state index contributed by atoms with van der Waals surface area (Å²) in [7, 11) is 1.71. The number of aromatic nitrogens is 2. The van der Waals surface area contributed by atoms with Crippen LogP contribution in [0.4, 0.5) is 5.82 Å². The lowest BCUT2D eigenvalue weighted by Gasteiger charge is -2.12. The second-order valence-electron chi connectivity index (χ2n) is 5.18. The van der Waals surface area contributed by atoms with E-state index in [1.165, 1.54) is 24.0 Å². The molecule has 1 aromatic carbocycles. The molecule has 1 N–H and O–H groups in total. The highest BCUT2D eigenvalue weighted by atomic mass is 16.5. The summed E-state index contributed by atoms with van der Waals surface area (Å²) in [6.07, 6.45) is 4.37. The fraction of sp³-hybridized carbons (Fsp3) is 0.375. The first-order chi connectivity index (χ1) is 9.76. The van der Waals surface area contributed by atoms with Crippen LogP contribution >= 0.6 is 0 Å². The van der Waals surface area contributed by atoms with E-state index in [2.05, 4.69) is 27.4 Å². The van der Waals surface area contributed by atoms with Crippen LogP contribution in [0.25, 0.3) is 0 Å². The van der Waals surface area contributed by atoms with Crippen LogP contribution in [0.2, 0.25) is 0 Å². The molecule has 4 heteroatoms. The van der Waals surface area contributed by atoms with Gasteiger partial charge < -0.3 is 10.1 Å². The highest BCUT2D eigenvalue weighted by Crippen LogP contribution is 2.42. The summed E-state index contributed by atoms with van der Waals surface area (Å²) in [5.74, 6) is 3.28. The molecule has 1 saturated carbocycles. The molecule has 1 aliphatic carbocycles. The van der Waals surface area contributed by atoms with Crippen molar-refractivity contribution in [3.63, 3.8) is 0 Å². The largest absolute Gasteiger partial charge is 0.497 e. The highest BCUT2D eigenvalue weighted by Gasteiger charge is 2.26. The lowest BCUT2D eigenvalue weighted by Crippen LogP contribution is -2.05. The van der Waals surface area contributed by atoms with Crippen molar-refractivity contribution < 1.29 is 4.74 Å². The van der Waals surface area contributed by atoms with E-state index in [9.17, 15) is 0 Å². The highest BCUT2D eigenvalue weighted by molar-refractivity contribution is 5.42. The van der Waals surface area contributed by atoms with Crippen molar-refractivity contribution in [2.45, 2.75) is 32.2 Å². The third-order valence-corrected chi connectivity index (χ3v) is 3.60. The van der Waals surface area contributed by atoms with E-state index in [-0.39, 0.29) is 0 Å². The molecule has 0 spiro atoms. The van der Waals surface area contributed by atoms with Crippen LogP contribution in [-0.2, 0) is 6.54 Å². The van der Waals surface area contributed by atoms with Gasteiger partial charge in [-0.15, -0.1) is 0 Å². The minimum absolute atomic E-state index is 0.727. The second-order valence-corrected chi connectivity index (χ2v) is 5.18. The van der Waals surface area contributed by atoms with Crippen molar-refractivity contribution >= 4 is 5.82 Å². The number of rotatable bonds is 5. The Morgan fingerprint density at radius 3 is 2.85 bits per heavy atom. The zero-order valence-electron chi connectivity index (χ0n) is 11.9. The summed E-state index contributed by atoms with van der Waals surface area (Å²) in [5.41, 5.74) is 2.73. The number of aryl methyl sites for hydroxylation is 1. The topological polar surface area (TPSA) is 47.0 Å². The van der Waals surface area contributed by atoms with Gasteiger partial charge in [-0.2, -0.15) is 0 Å². The maximum atomic E-state index is 5.33. The molecule has 3 rings (SSSR count). The molecule has 20 heavy (non-hydrogen) atoms. The zero-order chi connectivity index (χ0) is 13.9. The molecular formula is C16H19N3O. The Bertz CT molecular complexity index is 608. The van der Waals surface area contributed by atoms with Crippen LogP contribution in [0, 0.1) is 6.92 Å². The van der Waals surface area contributed by atoms with Gasteiger partial charge in [0.1, 0.15) is 17.4 Å². The average Bonchev–Trinajstić information content (AvgIpc) is 3.29. The van der Waals surface area contributed by atoms with Crippen LogP contribution in [0.3, 0.4) is 0 Å². The molecule has 0 amide bonds. The molecule has 104 valence electrons. The molecule has 0 unspecified atom stereocenters. The number of nitrogens with one attached hydrogen (secondary N) is 1. The van der Waals surface area contributed by atoms with Gasteiger partial charge in [0, 0.05) is 12.7 Å². The lowest BCUT2D eigenvalue weighted by molar-refractivity contribution is 0.414. The van der Waals surface area contributed by atoms with Gasteiger partial charge in [0.15, 0.2) is 0 Å². The Morgan fingerprint density at radius 1 is 1.30 bits per heavy atom. The molecule has 0 radical (unpaired) electrons. The molecule has 4 nitrogen and oxygen atoms in total. The number of benzene rings is 1. The van der Waals surface area contributed by atoms with Crippen molar-refractivity contribution in [2.75, 3.05) is 12.4 Å². The van der Waals surface area contributed by atoms with E-state index in [1.807, 2.05) is 19.1 Å². The van der Waals surface area contributed by atoms with Gasteiger partial charge in [-0.1, -0.05) is 6.07 Å². The van der Waals surface area contributed by atoms with Crippen molar-refractivity contribution in [1.82, 2.24) is 9.97 Å². The van der Waals surface area contributed by atoms with E-state index >= 15 is 0 Å². The Morgan fingerprint density at radius 2 is 2.15 bits per heavy atom. The van der Waals surface area contributed by atoms with E-state index in [4.69, 9.17) is 4.74 Å². The molecule has 1 fully saturated rings. The summed E-state index contributed by atoms with van der Waals surface area (Å²) >= 11 is 0. The number of hydrogen-bond donors (Lipinski definition) is 1. The van der Waals surface area contributed by atoms with E-state index in [0.29, 0.717) is 0 Å². The van der Waals surface area contributed by atoms with Crippen LogP contribution in [0.15, 0.2) is 30.5 Å². The van der Waals surface area contributed by atoms with Crippen molar-refractivity contribution in [3.05, 3.63) is 47.4 Å². The van der Waals surface area contributed by atoms with E-state index < -0.39 is 0 Å². The summed E-state index contributed by atoms with van der Waals surface area (Å²) in [6, 6.07) is 8.25. The fourth-order valence-electron chi connectivity index (χ4n) is 2.40. The van der Waals surface area contributed by atoms with Crippen LogP contribution in [0.1, 0.15) is 35.7 Å². The van der Waals surface area contributed by atoms with Gasteiger partial charge >= 0.3 is 0 Å². The summed E-state index contributed by atoms with van der Waals surface area (Å²) in [4.78, 5) is 8.47. The molecule has 1 aliphatic rings. The first-order valence-corrected chi connectivity index (χ1v) is 6.96. The molecule has 0 saturated heterocycles. The number of ether oxygens (including phenoxy) is 1. The fourth-order valence-corrected chi connectivity index (χ4v) is 2.40. The van der Waals surface area contributed by atoms with Crippen LogP contribution in [0.5, 0.6) is 5.75 Å². The normalized spacial score (nSPS) is 14.1. The molecule has 1 heterocycles. The molecule has 2 aromatic rings. The monoisotopic (exact) mass is 269 g/mol. The van der Waals surface area contributed by atoms with Gasteiger partial charge in [0.2, 0.25) is 0 Å². The van der Waals surface area contributed by atoms with Crippen molar-refractivity contribution in [3.8, 4) is 5.75 Å². The molecule has 0 atom stereocenters. The minimum Gasteiger partial charge on any atom is -0.497 e. The van der Waals surface area contributed by atoms with E-state index in [0.717, 1.165) is 29.9 Å². The number of methoxy groups -OCH3 is 1. The number of nitrogens with zero attached hydrogens (tertiary/aromatic N) is 2. The van der Waals surface area contributed by atoms with Crippen LogP contribution < -0.4 is 10.1 Å². The van der Waals surface area contributed by atoms with Crippen LogP contribution in [-0.4, -0.2) is 17.1 Å². The van der Waals surface area contributed by atoms with Gasteiger partial charge in [-0.3, -0.25) is 0 Å². The second kappa shape index (κ2) is 5.49. The van der Waals surface area contributed by atoms with Gasteiger partial charge in [-0.25, -0.2) is 9.97 Å². The SMILES string of the molecule is COc1ccc(C2CC2)c(CNc2ccnc(C)n2)c1. The summed E-state index contributed by atoms with van der Waals surface area (Å²) in [5, 5.41) is 3.37. The predicted octanol–water partition coefficient (Wildman–Crippen LogP) is 3.28. The van der Waals surface area contributed by atoms with Gasteiger partial charge in [0.05, 0.1) is 7.11 Å². The maximum Gasteiger partial charge on any atom is 0.129 e. The number of hydrogen-bond acceptors (Lipinski definition) is 4. The zero-order valence-corrected chi connectivity index (χ0v) is 11.9. The third kappa shape index (κ3) is 2.90. The first-order valence-electron chi connectivity index (χ1n) is 6.96. The standard InChI is InChI=1S/C16H19N3O/c1-11-17-8-7-16(19-11)18-10-13-9-14(20-2)5-6-15(13)12-3-4-12/h5-9,12H,3-4,10H2,1-2H3,(H,17,18,19). The Balaban J connectivity index is 1.78.